The molecule has 1 aliphatic carbocycles. The van der Waals surface area contributed by atoms with E-state index in [-0.39, 0.29) is 30.3 Å². The van der Waals surface area contributed by atoms with Crippen LogP contribution >= 0.6 is 0 Å². The van der Waals surface area contributed by atoms with E-state index in [0.29, 0.717) is 13.2 Å². The van der Waals surface area contributed by atoms with E-state index in [9.17, 15) is 9.59 Å². The lowest BCUT2D eigenvalue weighted by Gasteiger charge is -2.31. The van der Waals surface area contributed by atoms with Gasteiger partial charge in [0.05, 0.1) is 13.2 Å². The minimum atomic E-state index is -0.617. The second-order valence-electron chi connectivity index (χ2n) is 7.71. The number of epoxide rings is 2. The molecule has 0 amide bonds. The van der Waals surface area contributed by atoms with Crippen LogP contribution in [0.2, 0.25) is 0 Å². The Hall–Kier alpha value is -1.14. The summed E-state index contributed by atoms with van der Waals surface area (Å²) in [6.07, 6.45) is 5.83. The van der Waals surface area contributed by atoms with Gasteiger partial charge >= 0.3 is 11.9 Å². The first-order chi connectivity index (χ1) is 12.6. The smallest absolute Gasteiger partial charge is 0.312 e. The van der Waals surface area contributed by atoms with Crippen molar-refractivity contribution in [2.24, 2.45) is 11.8 Å². The van der Waals surface area contributed by atoms with E-state index in [4.69, 9.17) is 18.9 Å². The highest BCUT2D eigenvalue weighted by Gasteiger charge is 2.80. The molecule has 0 radical (unpaired) electrons. The molecule has 148 valence electrons. The number of unbranched alkanes of at least 4 members (excludes halogenated alkanes) is 3. The topological polar surface area (TPSA) is 77.7 Å². The Morgan fingerprint density at radius 3 is 2.12 bits per heavy atom. The Balaban J connectivity index is 1.76. The SMILES string of the molecule is CCCCOC(=O)C1C2OC2C2OC2(CCCC)C1C(=O)OCCCC. The molecule has 6 nitrogen and oxygen atoms in total. The molecule has 3 fully saturated rings. The molecule has 0 aromatic rings. The Kier molecular flexibility index (Phi) is 6.23. The fourth-order valence-corrected chi connectivity index (χ4v) is 4.21. The molecule has 0 aromatic carbocycles. The predicted octanol–water partition coefficient (Wildman–Crippen LogP) is 3.01. The molecule has 2 heterocycles. The van der Waals surface area contributed by atoms with Gasteiger partial charge in [-0.2, -0.15) is 0 Å². The summed E-state index contributed by atoms with van der Waals surface area (Å²) in [5.74, 6) is -1.90. The number of fused-ring (bicyclic) bond motifs is 3. The molecular weight excluding hydrogens is 336 g/mol. The van der Waals surface area contributed by atoms with Gasteiger partial charge in [0.2, 0.25) is 0 Å². The molecule has 6 unspecified atom stereocenters. The molecule has 6 heteroatoms. The first-order valence-electron chi connectivity index (χ1n) is 10.3. The summed E-state index contributed by atoms with van der Waals surface area (Å²) in [6.45, 7) is 6.97. The number of esters is 2. The Morgan fingerprint density at radius 1 is 0.885 bits per heavy atom. The van der Waals surface area contributed by atoms with Gasteiger partial charge in [-0.3, -0.25) is 9.59 Å². The van der Waals surface area contributed by atoms with Gasteiger partial charge < -0.3 is 18.9 Å². The monoisotopic (exact) mass is 368 g/mol. The molecule has 0 N–H and O–H groups in total. The zero-order valence-electron chi connectivity index (χ0n) is 16.2. The number of hydrogen-bond acceptors (Lipinski definition) is 6. The van der Waals surface area contributed by atoms with E-state index in [1.54, 1.807) is 0 Å². The van der Waals surface area contributed by atoms with Crippen molar-refractivity contribution in [3.8, 4) is 0 Å². The molecule has 0 bridgehead atoms. The van der Waals surface area contributed by atoms with Crippen LogP contribution in [0.3, 0.4) is 0 Å². The van der Waals surface area contributed by atoms with E-state index in [1.165, 1.54) is 0 Å². The minimum absolute atomic E-state index is 0.0738. The normalized spacial score (nSPS) is 36.7. The molecule has 3 rings (SSSR count). The van der Waals surface area contributed by atoms with Gasteiger partial charge in [-0.25, -0.2) is 0 Å². The van der Waals surface area contributed by atoms with E-state index in [0.717, 1.165) is 44.9 Å². The average Bonchev–Trinajstić information content (AvgIpc) is 3.51. The van der Waals surface area contributed by atoms with E-state index in [1.807, 2.05) is 13.8 Å². The van der Waals surface area contributed by atoms with Crippen molar-refractivity contribution in [1.29, 1.82) is 0 Å². The third-order valence-electron chi connectivity index (χ3n) is 5.80. The standard InChI is InChI=1S/C20H32O6/c1-4-7-10-20-14(19(22)24-12-9-6-3)13(18(21)23-11-8-5-2)15-16(25-15)17(20)26-20/h13-17H,4-12H2,1-3H3. The van der Waals surface area contributed by atoms with Crippen LogP contribution in [0.15, 0.2) is 0 Å². The fraction of sp³-hybridized carbons (Fsp3) is 0.900. The van der Waals surface area contributed by atoms with E-state index < -0.39 is 17.4 Å². The van der Waals surface area contributed by atoms with Gasteiger partial charge in [0.25, 0.3) is 0 Å². The Bertz CT molecular complexity index is 520. The summed E-state index contributed by atoms with van der Waals surface area (Å²) in [7, 11) is 0. The first-order valence-corrected chi connectivity index (χ1v) is 10.3. The summed E-state index contributed by atoms with van der Waals surface area (Å²) < 4.78 is 22.8. The second-order valence-corrected chi connectivity index (χ2v) is 7.71. The van der Waals surface area contributed by atoms with Gasteiger partial charge in [0, 0.05) is 0 Å². The molecule has 6 atom stereocenters. The maximum atomic E-state index is 12.9. The van der Waals surface area contributed by atoms with Gasteiger partial charge in [0.15, 0.2) is 0 Å². The molecule has 0 aromatic heterocycles. The summed E-state index contributed by atoms with van der Waals surface area (Å²) >= 11 is 0. The van der Waals surface area contributed by atoms with Gasteiger partial charge in [-0.15, -0.1) is 0 Å². The number of rotatable bonds is 11. The van der Waals surface area contributed by atoms with Crippen LogP contribution in [0.4, 0.5) is 0 Å². The van der Waals surface area contributed by atoms with Gasteiger partial charge in [-0.05, 0) is 19.3 Å². The summed E-state index contributed by atoms with van der Waals surface area (Å²) in [4.78, 5) is 25.7. The quantitative estimate of drug-likeness (QED) is 0.317. The second kappa shape index (κ2) is 8.26. The number of ether oxygens (including phenoxy) is 4. The van der Waals surface area contributed by atoms with Crippen LogP contribution in [0, 0.1) is 11.8 Å². The molecular formula is C20H32O6. The number of hydrogen-bond donors (Lipinski definition) is 0. The average molecular weight is 368 g/mol. The Morgan fingerprint density at radius 2 is 1.50 bits per heavy atom. The van der Waals surface area contributed by atoms with Crippen molar-refractivity contribution in [2.45, 2.75) is 89.6 Å². The van der Waals surface area contributed by atoms with E-state index >= 15 is 0 Å². The minimum Gasteiger partial charge on any atom is -0.465 e. The molecule has 0 spiro atoms. The lowest BCUT2D eigenvalue weighted by atomic mass is 9.70. The largest absolute Gasteiger partial charge is 0.465 e. The third-order valence-corrected chi connectivity index (χ3v) is 5.80. The van der Waals surface area contributed by atoms with E-state index in [2.05, 4.69) is 6.92 Å². The Labute approximate surface area is 155 Å². The van der Waals surface area contributed by atoms with Gasteiger partial charge in [-0.1, -0.05) is 46.5 Å². The highest BCUT2D eigenvalue weighted by atomic mass is 16.7. The maximum Gasteiger partial charge on any atom is 0.312 e. The van der Waals surface area contributed by atoms with Crippen LogP contribution in [0.25, 0.3) is 0 Å². The third kappa shape index (κ3) is 3.63. The highest BCUT2D eigenvalue weighted by Crippen LogP contribution is 2.63. The van der Waals surface area contributed by atoms with Crippen LogP contribution in [0.1, 0.15) is 65.7 Å². The van der Waals surface area contributed by atoms with Gasteiger partial charge in [0.1, 0.15) is 35.7 Å². The summed E-state index contributed by atoms with van der Waals surface area (Å²) in [5, 5.41) is 0. The lowest BCUT2D eigenvalue weighted by Crippen LogP contribution is -2.50. The van der Waals surface area contributed by atoms with Crippen LogP contribution in [-0.2, 0) is 28.5 Å². The molecule has 26 heavy (non-hydrogen) atoms. The van der Waals surface area contributed by atoms with Crippen molar-refractivity contribution >= 4 is 11.9 Å². The zero-order chi connectivity index (χ0) is 18.7. The maximum absolute atomic E-state index is 12.9. The molecule has 3 aliphatic rings. The zero-order valence-corrected chi connectivity index (χ0v) is 16.2. The molecule has 2 aliphatic heterocycles. The summed E-state index contributed by atoms with van der Waals surface area (Å²) in [5.41, 5.74) is -0.606. The number of carbonyl (C=O) groups is 2. The summed E-state index contributed by atoms with van der Waals surface area (Å²) in [6, 6.07) is 0. The van der Waals surface area contributed by atoms with Crippen molar-refractivity contribution in [2.75, 3.05) is 13.2 Å². The van der Waals surface area contributed by atoms with Crippen LogP contribution in [-0.4, -0.2) is 49.1 Å². The lowest BCUT2D eigenvalue weighted by molar-refractivity contribution is -0.165. The van der Waals surface area contributed by atoms with Crippen molar-refractivity contribution in [1.82, 2.24) is 0 Å². The molecule has 1 saturated carbocycles. The number of carbonyl (C=O) groups excluding carboxylic acids is 2. The van der Waals surface area contributed by atoms with Crippen LogP contribution < -0.4 is 0 Å². The van der Waals surface area contributed by atoms with Crippen molar-refractivity contribution in [3.63, 3.8) is 0 Å². The fourth-order valence-electron chi connectivity index (χ4n) is 4.21. The highest BCUT2D eigenvalue weighted by molar-refractivity contribution is 5.85. The first kappa shape index (κ1) is 19.6. The van der Waals surface area contributed by atoms with Crippen LogP contribution in [0.5, 0.6) is 0 Å². The predicted molar refractivity (Wildman–Crippen MR) is 94.5 cm³/mol. The van der Waals surface area contributed by atoms with Crippen molar-refractivity contribution in [3.05, 3.63) is 0 Å². The van der Waals surface area contributed by atoms with Crippen molar-refractivity contribution < 1.29 is 28.5 Å². The molecule has 2 saturated heterocycles.